The molecule has 5 nitrogen and oxygen atoms in total. The SMILES string of the molecule is CN1CCOC(CNC(=O)c2cc(Cl)c(Cl)n2C)C1. The van der Waals surface area contributed by atoms with E-state index in [1.54, 1.807) is 17.7 Å². The smallest absolute Gasteiger partial charge is 0.268 e. The van der Waals surface area contributed by atoms with Gasteiger partial charge in [-0.2, -0.15) is 0 Å². The molecule has 0 radical (unpaired) electrons. The van der Waals surface area contributed by atoms with Gasteiger partial charge in [0, 0.05) is 26.7 Å². The van der Waals surface area contributed by atoms with Crippen molar-refractivity contribution >= 4 is 29.1 Å². The molecule has 2 heterocycles. The third kappa shape index (κ3) is 3.42. The Morgan fingerprint density at radius 3 is 2.84 bits per heavy atom. The Hall–Kier alpha value is -0.750. The van der Waals surface area contributed by atoms with Crippen LogP contribution < -0.4 is 5.32 Å². The van der Waals surface area contributed by atoms with E-state index in [0.717, 1.165) is 13.1 Å². The Balaban J connectivity index is 1.92. The van der Waals surface area contributed by atoms with Gasteiger partial charge in [-0.1, -0.05) is 23.2 Å². The maximum Gasteiger partial charge on any atom is 0.268 e. The topological polar surface area (TPSA) is 46.5 Å². The Kier molecular flexibility index (Phi) is 4.73. The van der Waals surface area contributed by atoms with E-state index >= 15 is 0 Å². The highest BCUT2D eigenvalue weighted by Gasteiger charge is 2.20. The van der Waals surface area contributed by atoms with E-state index in [-0.39, 0.29) is 12.0 Å². The first-order valence-electron chi connectivity index (χ1n) is 6.08. The van der Waals surface area contributed by atoms with Crippen molar-refractivity contribution < 1.29 is 9.53 Å². The molecule has 1 atom stereocenters. The lowest BCUT2D eigenvalue weighted by atomic mass is 10.2. The standard InChI is InChI=1S/C12H17Cl2N3O2/c1-16-3-4-19-8(7-16)6-15-12(18)10-5-9(13)11(14)17(10)2/h5,8H,3-4,6-7H2,1-2H3,(H,15,18). The van der Waals surface area contributed by atoms with E-state index in [9.17, 15) is 4.79 Å². The number of halogens is 2. The molecule has 1 aliphatic rings. The minimum Gasteiger partial charge on any atom is -0.374 e. The summed E-state index contributed by atoms with van der Waals surface area (Å²) in [7, 11) is 3.74. The Bertz CT molecular complexity index is 476. The minimum atomic E-state index is -0.201. The summed E-state index contributed by atoms with van der Waals surface area (Å²) in [6.07, 6.45) is 0.0221. The maximum atomic E-state index is 12.0. The van der Waals surface area contributed by atoms with Crippen LogP contribution in [0.1, 0.15) is 10.5 Å². The summed E-state index contributed by atoms with van der Waals surface area (Å²) >= 11 is 11.8. The van der Waals surface area contributed by atoms with Crippen LogP contribution in [0, 0.1) is 0 Å². The molecule has 1 aromatic heterocycles. The van der Waals surface area contributed by atoms with Crippen molar-refractivity contribution in [2.75, 3.05) is 33.3 Å². The van der Waals surface area contributed by atoms with Crippen LogP contribution in [0.4, 0.5) is 0 Å². The predicted octanol–water partition coefficient (Wildman–Crippen LogP) is 1.39. The molecule has 0 bridgehead atoms. The molecular weight excluding hydrogens is 289 g/mol. The van der Waals surface area contributed by atoms with Crippen LogP contribution >= 0.6 is 23.2 Å². The van der Waals surface area contributed by atoms with Crippen LogP contribution in [0.25, 0.3) is 0 Å². The number of nitrogens with one attached hydrogen (secondary N) is 1. The van der Waals surface area contributed by atoms with Crippen LogP contribution in [-0.4, -0.2) is 54.8 Å². The first-order chi connectivity index (χ1) is 8.99. The highest BCUT2D eigenvalue weighted by atomic mass is 35.5. The number of nitrogens with zero attached hydrogens (tertiary/aromatic N) is 2. The van der Waals surface area contributed by atoms with Gasteiger partial charge in [0.1, 0.15) is 10.8 Å². The third-order valence-corrected chi connectivity index (χ3v) is 4.02. The fourth-order valence-corrected chi connectivity index (χ4v) is 2.42. The summed E-state index contributed by atoms with van der Waals surface area (Å²) in [6, 6.07) is 1.56. The summed E-state index contributed by atoms with van der Waals surface area (Å²) in [4.78, 5) is 14.2. The normalized spacial score (nSPS) is 20.5. The van der Waals surface area contributed by atoms with Crippen LogP contribution in [-0.2, 0) is 11.8 Å². The molecule has 0 spiro atoms. The average molecular weight is 306 g/mol. The van der Waals surface area contributed by atoms with Crippen molar-refractivity contribution in [3.05, 3.63) is 21.9 Å². The summed E-state index contributed by atoms with van der Waals surface area (Å²) in [6.45, 7) is 2.91. The molecule has 0 aromatic carbocycles. The van der Waals surface area contributed by atoms with E-state index in [0.29, 0.717) is 29.0 Å². The Labute approximate surface area is 122 Å². The summed E-state index contributed by atoms with van der Waals surface area (Å²) in [5, 5.41) is 3.58. The van der Waals surface area contributed by atoms with Gasteiger partial charge in [-0.05, 0) is 13.1 Å². The fraction of sp³-hybridized carbons (Fsp3) is 0.583. The second-order valence-electron chi connectivity index (χ2n) is 4.69. The van der Waals surface area contributed by atoms with E-state index < -0.39 is 0 Å². The molecule has 1 saturated heterocycles. The van der Waals surface area contributed by atoms with Crippen LogP contribution in [0.2, 0.25) is 10.2 Å². The molecule has 1 aliphatic heterocycles. The highest BCUT2D eigenvalue weighted by Crippen LogP contribution is 2.24. The lowest BCUT2D eigenvalue weighted by Crippen LogP contribution is -2.46. The lowest BCUT2D eigenvalue weighted by molar-refractivity contribution is -0.0175. The van der Waals surface area contributed by atoms with Gasteiger partial charge >= 0.3 is 0 Å². The molecule has 1 aromatic rings. The van der Waals surface area contributed by atoms with Gasteiger partial charge in [0.15, 0.2) is 0 Å². The van der Waals surface area contributed by atoms with Crippen molar-refractivity contribution in [2.24, 2.45) is 7.05 Å². The number of rotatable bonds is 3. The molecule has 1 fully saturated rings. The number of morpholine rings is 1. The maximum absolute atomic E-state index is 12.0. The number of aromatic nitrogens is 1. The van der Waals surface area contributed by atoms with Crippen molar-refractivity contribution in [3.63, 3.8) is 0 Å². The van der Waals surface area contributed by atoms with Gasteiger partial charge < -0.3 is 19.5 Å². The van der Waals surface area contributed by atoms with Gasteiger partial charge in [0.05, 0.1) is 17.7 Å². The lowest BCUT2D eigenvalue weighted by Gasteiger charge is -2.30. The number of hydrogen-bond donors (Lipinski definition) is 1. The molecule has 0 aliphatic carbocycles. The van der Waals surface area contributed by atoms with Gasteiger partial charge in [-0.25, -0.2) is 0 Å². The molecule has 0 saturated carbocycles. The van der Waals surface area contributed by atoms with Gasteiger partial charge in [0.25, 0.3) is 5.91 Å². The zero-order valence-corrected chi connectivity index (χ0v) is 12.5. The number of carbonyl (C=O) groups excluding carboxylic acids is 1. The summed E-state index contributed by atoms with van der Waals surface area (Å²) in [5.41, 5.74) is 0.444. The summed E-state index contributed by atoms with van der Waals surface area (Å²) < 4.78 is 7.14. The Morgan fingerprint density at radius 1 is 1.53 bits per heavy atom. The van der Waals surface area contributed by atoms with E-state index in [1.165, 1.54) is 0 Å². The highest BCUT2D eigenvalue weighted by molar-refractivity contribution is 6.41. The number of ether oxygens (including phenoxy) is 1. The number of likely N-dealkylation sites (N-methyl/N-ethyl adjacent to an activating group) is 1. The molecule has 2 rings (SSSR count). The molecule has 1 N–H and O–H groups in total. The molecule has 106 valence electrons. The largest absolute Gasteiger partial charge is 0.374 e. The van der Waals surface area contributed by atoms with Crippen molar-refractivity contribution in [2.45, 2.75) is 6.10 Å². The zero-order chi connectivity index (χ0) is 14.0. The van der Waals surface area contributed by atoms with Crippen molar-refractivity contribution in [1.82, 2.24) is 14.8 Å². The predicted molar refractivity (Wildman–Crippen MR) is 75.0 cm³/mol. The number of amides is 1. The van der Waals surface area contributed by atoms with Gasteiger partial charge in [-0.15, -0.1) is 0 Å². The van der Waals surface area contributed by atoms with Crippen molar-refractivity contribution in [3.8, 4) is 0 Å². The van der Waals surface area contributed by atoms with E-state index in [4.69, 9.17) is 27.9 Å². The third-order valence-electron chi connectivity index (χ3n) is 3.18. The second kappa shape index (κ2) is 6.13. The first kappa shape index (κ1) is 14.7. The van der Waals surface area contributed by atoms with E-state index in [2.05, 4.69) is 10.2 Å². The van der Waals surface area contributed by atoms with E-state index in [1.807, 2.05) is 7.05 Å². The average Bonchev–Trinajstić information content (AvgIpc) is 2.64. The molecule has 19 heavy (non-hydrogen) atoms. The summed E-state index contributed by atoms with van der Waals surface area (Å²) in [5.74, 6) is -0.201. The quantitative estimate of drug-likeness (QED) is 0.918. The minimum absolute atomic E-state index is 0.0221. The zero-order valence-electron chi connectivity index (χ0n) is 10.9. The number of carbonyl (C=O) groups is 1. The van der Waals surface area contributed by atoms with Gasteiger partial charge in [-0.3, -0.25) is 4.79 Å². The van der Waals surface area contributed by atoms with Crippen LogP contribution in [0.3, 0.4) is 0 Å². The first-order valence-corrected chi connectivity index (χ1v) is 6.83. The molecule has 1 amide bonds. The molecule has 1 unspecified atom stereocenters. The molecular formula is C12H17Cl2N3O2. The number of hydrogen-bond acceptors (Lipinski definition) is 3. The Morgan fingerprint density at radius 2 is 2.26 bits per heavy atom. The van der Waals surface area contributed by atoms with Crippen LogP contribution in [0.15, 0.2) is 6.07 Å². The van der Waals surface area contributed by atoms with Crippen LogP contribution in [0.5, 0.6) is 0 Å². The monoisotopic (exact) mass is 305 g/mol. The molecule has 7 heteroatoms. The van der Waals surface area contributed by atoms with Crippen molar-refractivity contribution in [1.29, 1.82) is 0 Å². The van der Waals surface area contributed by atoms with Gasteiger partial charge in [0.2, 0.25) is 0 Å². The fourth-order valence-electron chi connectivity index (χ4n) is 2.05. The second-order valence-corrected chi connectivity index (χ2v) is 5.46.